The molecule has 0 fully saturated rings. The van der Waals surface area contributed by atoms with Crippen LogP contribution < -0.4 is 5.73 Å². The first-order valence-corrected chi connectivity index (χ1v) is 5.17. The van der Waals surface area contributed by atoms with Crippen molar-refractivity contribution in [1.82, 2.24) is 0 Å². The number of rotatable bonds is 1. The molecule has 2 heteroatoms. The fourth-order valence-electron chi connectivity index (χ4n) is 1.58. The number of hydrogen-bond acceptors (Lipinski definition) is 1. The zero-order chi connectivity index (χ0) is 10.8. The van der Waals surface area contributed by atoms with Crippen LogP contribution in [0.4, 0.5) is 5.69 Å². The number of nitrogen functional groups attached to an aromatic ring is 1. The number of nitrogens with two attached hydrogens (primary N) is 1. The zero-order valence-electron chi connectivity index (χ0n) is 8.50. The van der Waals surface area contributed by atoms with E-state index in [-0.39, 0.29) is 0 Å². The van der Waals surface area contributed by atoms with E-state index in [0.717, 1.165) is 21.8 Å². The molecule has 1 nitrogen and oxygen atoms in total. The van der Waals surface area contributed by atoms with E-state index in [4.69, 9.17) is 17.3 Å². The van der Waals surface area contributed by atoms with Crippen molar-refractivity contribution in [2.45, 2.75) is 6.92 Å². The van der Waals surface area contributed by atoms with Gasteiger partial charge in [-0.1, -0.05) is 29.8 Å². The maximum atomic E-state index is 5.85. The summed E-state index contributed by atoms with van der Waals surface area (Å²) in [6.07, 6.45) is 0. The van der Waals surface area contributed by atoms with Gasteiger partial charge >= 0.3 is 0 Å². The first-order valence-electron chi connectivity index (χ1n) is 4.79. The van der Waals surface area contributed by atoms with Gasteiger partial charge in [-0.2, -0.15) is 0 Å². The topological polar surface area (TPSA) is 26.0 Å². The highest BCUT2D eigenvalue weighted by Crippen LogP contribution is 2.26. The minimum atomic E-state index is 0.750. The summed E-state index contributed by atoms with van der Waals surface area (Å²) in [6, 6.07) is 13.7. The van der Waals surface area contributed by atoms with Crippen molar-refractivity contribution in [3.8, 4) is 11.1 Å². The van der Waals surface area contributed by atoms with Crippen LogP contribution in [0.15, 0.2) is 42.5 Å². The van der Waals surface area contributed by atoms with Gasteiger partial charge in [-0.25, -0.2) is 0 Å². The zero-order valence-corrected chi connectivity index (χ0v) is 9.25. The fourth-order valence-corrected chi connectivity index (χ4v) is 1.71. The second kappa shape index (κ2) is 3.95. The minimum absolute atomic E-state index is 0.750. The van der Waals surface area contributed by atoms with E-state index < -0.39 is 0 Å². The van der Waals surface area contributed by atoms with Crippen molar-refractivity contribution in [3.63, 3.8) is 0 Å². The second-order valence-corrected chi connectivity index (χ2v) is 4.02. The molecule has 0 amide bonds. The van der Waals surface area contributed by atoms with Gasteiger partial charge in [0.15, 0.2) is 0 Å². The van der Waals surface area contributed by atoms with Crippen molar-refractivity contribution in [3.05, 3.63) is 53.1 Å². The predicted octanol–water partition coefficient (Wildman–Crippen LogP) is 3.90. The molecule has 0 aliphatic rings. The highest BCUT2D eigenvalue weighted by molar-refractivity contribution is 6.30. The molecule has 0 bridgehead atoms. The summed E-state index contributed by atoms with van der Waals surface area (Å²) in [4.78, 5) is 0. The Morgan fingerprint density at radius 1 is 1.00 bits per heavy atom. The Hall–Kier alpha value is -1.47. The Morgan fingerprint density at radius 2 is 1.67 bits per heavy atom. The van der Waals surface area contributed by atoms with Gasteiger partial charge in [-0.05, 0) is 47.9 Å². The third kappa shape index (κ3) is 2.13. The Kier molecular flexibility index (Phi) is 2.65. The molecule has 0 atom stereocenters. The van der Waals surface area contributed by atoms with Crippen molar-refractivity contribution >= 4 is 17.3 Å². The Bertz CT molecular complexity index is 474. The van der Waals surface area contributed by atoms with Crippen LogP contribution in [0.5, 0.6) is 0 Å². The Balaban J connectivity index is 2.53. The van der Waals surface area contributed by atoms with E-state index in [1.807, 2.05) is 42.5 Å². The molecule has 0 unspecified atom stereocenters. The van der Waals surface area contributed by atoms with Crippen molar-refractivity contribution in [2.75, 3.05) is 5.73 Å². The lowest BCUT2D eigenvalue weighted by Gasteiger charge is -2.07. The molecule has 0 saturated carbocycles. The number of anilines is 1. The molecule has 2 aromatic carbocycles. The van der Waals surface area contributed by atoms with E-state index in [1.54, 1.807) is 0 Å². The van der Waals surface area contributed by atoms with Gasteiger partial charge in [-0.15, -0.1) is 0 Å². The predicted molar refractivity (Wildman–Crippen MR) is 66.0 cm³/mol. The number of aryl methyl sites for hydroxylation is 1. The average molecular weight is 218 g/mol. The molecule has 0 spiro atoms. The van der Waals surface area contributed by atoms with E-state index in [1.165, 1.54) is 5.56 Å². The number of hydrogen-bond donors (Lipinski definition) is 1. The lowest BCUT2D eigenvalue weighted by molar-refractivity contribution is 1.46. The Morgan fingerprint density at radius 3 is 2.33 bits per heavy atom. The molecule has 0 aromatic heterocycles. The summed E-state index contributed by atoms with van der Waals surface area (Å²) < 4.78 is 0. The monoisotopic (exact) mass is 217 g/mol. The standard InChI is InChI=1S/C13H12ClN/c1-9-2-7-12(15)8-13(9)10-3-5-11(14)6-4-10/h2-8H,15H2,1H3. The van der Waals surface area contributed by atoms with E-state index >= 15 is 0 Å². The molecule has 2 rings (SSSR count). The molecule has 2 aromatic rings. The molecule has 0 radical (unpaired) electrons. The maximum Gasteiger partial charge on any atom is 0.0406 e. The van der Waals surface area contributed by atoms with E-state index in [2.05, 4.69) is 6.92 Å². The van der Waals surface area contributed by atoms with Crippen molar-refractivity contribution in [1.29, 1.82) is 0 Å². The molecular formula is C13H12ClN. The third-order valence-electron chi connectivity index (χ3n) is 2.42. The van der Waals surface area contributed by atoms with Crippen molar-refractivity contribution < 1.29 is 0 Å². The lowest BCUT2D eigenvalue weighted by Crippen LogP contribution is -1.88. The molecule has 76 valence electrons. The summed E-state index contributed by atoms with van der Waals surface area (Å²) in [7, 11) is 0. The quantitative estimate of drug-likeness (QED) is 0.721. The SMILES string of the molecule is Cc1ccc(N)cc1-c1ccc(Cl)cc1. The van der Waals surface area contributed by atoms with Crippen LogP contribution in [0.1, 0.15) is 5.56 Å². The molecule has 15 heavy (non-hydrogen) atoms. The summed E-state index contributed by atoms with van der Waals surface area (Å²) in [6.45, 7) is 2.07. The normalized spacial score (nSPS) is 10.3. The van der Waals surface area contributed by atoms with E-state index in [0.29, 0.717) is 0 Å². The molecular weight excluding hydrogens is 206 g/mol. The summed E-state index contributed by atoms with van der Waals surface area (Å²) in [5.74, 6) is 0. The van der Waals surface area contributed by atoms with Crippen LogP contribution in [0, 0.1) is 6.92 Å². The van der Waals surface area contributed by atoms with Gasteiger partial charge in [0.2, 0.25) is 0 Å². The van der Waals surface area contributed by atoms with Gasteiger partial charge in [0.05, 0.1) is 0 Å². The first-order chi connectivity index (χ1) is 7.16. The molecule has 0 aliphatic carbocycles. The fraction of sp³-hybridized carbons (Fsp3) is 0.0769. The highest BCUT2D eigenvalue weighted by Gasteiger charge is 2.01. The van der Waals surface area contributed by atoms with Crippen LogP contribution in [0.25, 0.3) is 11.1 Å². The molecule has 0 aliphatic heterocycles. The largest absolute Gasteiger partial charge is 0.399 e. The highest BCUT2D eigenvalue weighted by atomic mass is 35.5. The summed E-state index contributed by atoms with van der Waals surface area (Å²) >= 11 is 5.85. The molecule has 2 N–H and O–H groups in total. The molecule has 0 heterocycles. The van der Waals surface area contributed by atoms with Crippen LogP contribution in [-0.2, 0) is 0 Å². The maximum absolute atomic E-state index is 5.85. The third-order valence-corrected chi connectivity index (χ3v) is 2.67. The smallest absolute Gasteiger partial charge is 0.0406 e. The minimum Gasteiger partial charge on any atom is -0.399 e. The first kappa shape index (κ1) is 10.1. The second-order valence-electron chi connectivity index (χ2n) is 3.58. The molecule has 0 saturated heterocycles. The van der Waals surface area contributed by atoms with Crippen LogP contribution in [0.2, 0.25) is 5.02 Å². The van der Waals surface area contributed by atoms with Gasteiger partial charge in [0.25, 0.3) is 0 Å². The van der Waals surface area contributed by atoms with Gasteiger partial charge < -0.3 is 5.73 Å². The summed E-state index contributed by atoms with van der Waals surface area (Å²) in [5, 5.41) is 0.750. The number of halogens is 1. The van der Waals surface area contributed by atoms with Gasteiger partial charge in [-0.3, -0.25) is 0 Å². The van der Waals surface area contributed by atoms with Gasteiger partial charge in [0.1, 0.15) is 0 Å². The average Bonchev–Trinajstić information content (AvgIpc) is 2.23. The van der Waals surface area contributed by atoms with Crippen LogP contribution in [0.3, 0.4) is 0 Å². The van der Waals surface area contributed by atoms with Crippen LogP contribution >= 0.6 is 11.6 Å². The van der Waals surface area contributed by atoms with Crippen molar-refractivity contribution in [2.24, 2.45) is 0 Å². The lowest BCUT2D eigenvalue weighted by atomic mass is 10.0. The van der Waals surface area contributed by atoms with Gasteiger partial charge in [0, 0.05) is 10.7 Å². The summed E-state index contributed by atoms with van der Waals surface area (Å²) in [5.41, 5.74) is 10.1. The number of benzene rings is 2. The van der Waals surface area contributed by atoms with E-state index in [9.17, 15) is 0 Å². The van der Waals surface area contributed by atoms with Crippen LogP contribution in [-0.4, -0.2) is 0 Å². The Labute approximate surface area is 94.5 Å².